The van der Waals surface area contributed by atoms with Gasteiger partial charge in [0.25, 0.3) is 0 Å². The molecule has 1 aromatic rings. The number of hydrogen-bond acceptors (Lipinski definition) is 4. The van der Waals surface area contributed by atoms with Crippen LogP contribution in [-0.2, 0) is 0 Å². The van der Waals surface area contributed by atoms with Crippen LogP contribution in [0.1, 0.15) is 25.3 Å². The molecule has 0 aromatic heterocycles. The summed E-state index contributed by atoms with van der Waals surface area (Å²) >= 11 is 1.82. The zero-order chi connectivity index (χ0) is 13.8. The minimum atomic E-state index is 0.488. The van der Waals surface area contributed by atoms with E-state index in [1.54, 1.807) is 0 Å². The summed E-state index contributed by atoms with van der Waals surface area (Å²) in [6, 6.07) is 6.96. The molecule has 1 aliphatic rings. The van der Waals surface area contributed by atoms with E-state index in [9.17, 15) is 0 Å². The normalized spacial score (nSPS) is 18.9. The van der Waals surface area contributed by atoms with Crippen LogP contribution in [0.2, 0.25) is 0 Å². The summed E-state index contributed by atoms with van der Waals surface area (Å²) in [6.07, 6.45) is 2.33. The number of benzene rings is 1. The molecule has 0 saturated carbocycles. The molecule has 1 atom stereocenters. The molecule has 3 nitrogen and oxygen atoms in total. The van der Waals surface area contributed by atoms with Crippen LogP contribution >= 0.6 is 11.8 Å². The molecule has 0 radical (unpaired) electrons. The van der Waals surface area contributed by atoms with Gasteiger partial charge in [0.05, 0.1) is 6.04 Å². The Morgan fingerprint density at radius 3 is 2.89 bits per heavy atom. The van der Waals surface area contributed by atoms with E-state index < -0.39 is 0 Å². The molecule has 0 bridgehead atoms. The molecule has 4 heteroatoms. The Morgan fingerprint density at radius 2 is 2.21 bits per heavy atom. The van der Waals surface area contributed by atoms with Gasteiger partial charge in [-0.2, -0.15) is 0 Å². The third-order valence-corrected chi connectivity index (χ3v) is 4.32. The fraction of sp³-hybridized carbons (Fsp3) is 0.533. The second-order valence-corrected chi connectivity index (χ2v) is 6.24. The van der Waals surface area contributed by atoms with Crippen molar-refractivity contribution in [2.45, 2.75) is 32.7 Å². The lowest BCUT2D eigenvalue weighted by Gasteiger charge is -2.21. The molecule has 0 fully saturated rings. The van der Waals surface area contributed by atoms with E-state index in [1.807, 2.05) is 11.8 Å². The van der Waals surface area contributed by atoms with E-state index in [1.165, 1.54) is 17.7 Å². The smallest absolute Gasteiger partial charge is 0.161 e. The highest BCUT2D eigenvalue weighted by molar-refractivity contribution is 8.14. The number of thioether (sulfide) groups is 1. The summed E-state index contributed by atoms with van der Waals surface area (Å²) < 4.78 is 0. The minimum Gasteiger partial charge on any atom is -0.377 e. The maximum Gasteiger partial charge on any atom is 0.161 e. The van der Waals surface area contributed by atoms with Crippen LogP contribution in [0.4, 0.5) is 11.4 Å². The van der Waals surface area contributed by atoms with Gasteiger partial charge in [-0.3, -0.25) is 4.99 Å². The second-order valence-electron chi connectivity index (χ2n) is 5.15. The lowest BCUT2D eigenvalue weighted by Crippen LogP contribution is -2.20. The summed E-state index contributed by atoms with van der Waals surface area (Å²) in [4.78, 5) is 6.89. The molecule has 1 N–H and O–H groups in total. The van der Waals surface area contributed by atoms with Gasteiger partial charge in [-0.25, -0.2) is 0 Å². The van der Waals surface area contributed by atoms with Crippen molar-refractivity contribution in [3.63, 3.8) is 0 Å². The summed E-state index contributed by atoms with van der Waals surface area (Å²) in [7, 11) is 4.15. The Labute approximate surface area is 120 Å². The predicted octanol–water partition coefficient (Wildman–Crippen LogP) is 3.74. The SMILES string of the molecule is CCC1CCSC(Nc2ccc(C)c(N(C)C)c2)=N1. The third-order valence-electron chi connectivity index (χ3n) is 3.40. The Kier molecular flexibility index (Phi) is 4.75. The van der Waals surface area contributed by atoms with Gasteiger partial charge >= 0.3 is 0 Å². The van der Waals surface area contributed by atoms with Crippen molar-refractivity contribution in [1.29, 1.82) is 0 Å². The van der Waals surface area contributed by atoms with E-state index >= 15 is 0 Å². The standard InChI is InChI=1S/C15H23N3S/c1-5-12-8-9-19-15(16-12)17-13-7-6-11(2)14(10-13)18(3)4/h6-7,10,12H,5,8-9H2,1-4H3,(H,16,17). The molecular weight excluding hydrogens is 254 g/mol. The van der Waals surface area contributed by atoms with Crippen molar-refractivity contribution in [2.75, 3.05) is 30.1 Å². The molecule has 1 heterocycles. The number of aryl methyl sites for hydroxylation is 1. The molecule has 0 aliphatic carbocycles. The van der Waals surface area contributed by atoms with Crippen molar-refractivity contribution in [3.8, 4) is 0 Å². The fourth-order valence-corrected chi connectivity index (χ4v) is 3.21. The van der Waals surface area contributed by atoms with Gasteiger partial charge in [0.15, 0.2) is 5.17 Å². The highest BCUT2D eigenvalue weighted by Gasteiger charge is 2.14. The monoisotopic (exact) mass is 277 g/mol. The molecule has 19 heavy (non-hydrogen) atoms. The highest BCUT2D eigenvalue weighted by Crippen LogP contribution is 2.25. The van der Waals surface area contributed by atoms with Crippen molar-refractivity contribution >= 4 is 28.3 Å². The molecule has 104 valence electrons. The van der Waals surface area contributed by atoms with E-state index in [0.717, 1.165) is 23.0 Å². The molecule has 1 aromatic carbocycles. The van der Waals surface area contributed by atoms with Crippen LogP contribution < -0.4 is 10.2 Å². The van der Waals surface area contributed by atoms with Crippen LogP contribution in [0.15, 0.2) is 23.2 Å². The predicted molar refractivity (Wildman–Crippen MR) is 87.7 cm³/mol. The molecule has 0 amide bonds. The summed E-state index contributed by atoms with van der Waals surface area (Å²) in [5.74, 6) is 1.16. The topological polar surface area (TPSA) is 27.6 Å². The molecule has 2 rings (SSSR count). The molecule has 1 unspecified atom stereocenters. The van der Waals surface area contributed by atoms with Crippen molar-refractivity contribution < 1.29 is 0 Å². The van der Waals surface area contributed by atoms with Crippen LogP contribution in [0.25, 0.3) is 0 Å². The Morgan fingerprint density at radius 1 is 1.42 bits per heavy atom. The number of aliphatic imine (C=N–C) groups is 1. The van der Waals surface area contributed by atoms with Gasteiger partial charge < -0.3 is 10.2 Å². The van der Waals surface area contributed by atoms with Gasteiger partial charge in [-0.05, 0) is 37.5 Å². The van der Waals surface area contributed by atoms with E-state index in [4.69, 9.17) is 4.99 Å². The summed E-state index contributed by atoms with van der Waals surface area (Å²) in [5, 5.41) is 4.52. The summed E-state index contributed by atoms with van der Waals surface area (Å²) in [6.45, 7) is 4.34. The Hall–Kier alpha value is -1.16. The van der Waals surface area contributed by atoms with E-state index in [2.05, 4.69) is 56.4 Å². The molecule has 0 spiro atoms. The Balaban J connectivity index is 2.15. The number of anilines is 2. The number of nitrogens with zero attached hydrogens (tertiary/aromatic N) is 2. The molecule has 1 aliphatic heterocycles. The zero-order valence-corrected chi connectivity index (χ0v) is 13.0. The average Bonchev–Trinajstić information content (AvgIpc) is 2.41. The van der Waals surface area contributed by atoms with Crippen LogP contribution in [0, 0.1) is 6.92 Å². The maximum absolute atomic E-state index is 4.75. The van der Waals surface area contributed by atoms with Crippen LogP contribution in [0.3, 0.4) is 0 Å². The number of hydrogen-bond donors (Lipinski definition) is 1. The fourth-order valence-electron chi connectivity index (χ4n) is 2.22. The lowest BCUT2D eigenvalue weighted by molar-refractivity contribution is 0.634. The van der Waals surface area contributed by atoms with Gasteiger partial charge in [-0.15, -0.1) is 0 Å². The summed E-state index contributed by atoms with van der Waals surface area (Å²) in [5.41, 5.74) is 3.66. The first-order valence-electron chi connectivity index (χ1n) is 6.85. The van der Waals surface area contributed by atoms with Crippen LogP contribution in [-0.4, -0.2) is 31.1 Å². The largest absolute Gasteiger partial charge is 0.377 e. The van der Waals surface area contributed by atoms with Crippen molar-refractivity contribution in [2.24, 2.45) is 4.99 Å². The molecular formula is C15H23N3S. The lowest BCUT2D eigenvalue weighted by atomic mass is 10.1. The highest BCUT2D eigenvalue weighted by atomic mass is 32.2. The third kappa shape index (κ3) is 3.66. The molecule has 0 saturated heterocycles. The average molecular weight is 277 g/mol. The number of amidine groups is 1. The van der Waals surface area contributed by atoms with Crippen molar-refractivity contribution in [3.05, 3.63) is 23.8 Å². The van der Waals surface area contributed by atoms with Gasteiger partial charge in [0.1, 0.15) is 0 Å². The first-order valence-corrected chi connectivity index (χ1v) is 7.84. The first kappa shape index (κ1) is 14.3. The van der Waals surface area contributed by atoms with Gasteiger partial charge in [-0.1, -0.05) is 24.8 Å². The minimum absolute atomic E-state index is 0.488. The maximum atomic E-state index is 4.75. The van der Waals surface area contributed by atoms with E-state index in [-0.39, 0.29) is 0 Å². The van der Waals surface area contributed by atoms with Gasteiger partial charge in [0, 0.05) is 31.2 Å². The number of rotatable bonds is 3. The van der Waals surface area contributed by atoms with E-state index in [0.29, 0.717) is 6.04 Å². The zero-order valence-electron chi connectivity index (χ0n) is 12.2. The number of nitrogens with one attached hydrogen (secondary N) is 1. The second kappa shape index (κ2) is 6.33. The quantitative estimate of drug-likeness (QED) is 0.912. The van der Waals surface area contributed by atoms with Crippen LogP contribution in [0.5, 0.6) is 0 Å². The first-order chi connectivity index (χ1) is 9.10. The Bertz CT molecular complexity index is 468. The van der Waals surface area contributed by atoms with Gasteiger partial charge in [0.2, 0.25) is 0 Å². The van der Waals surface area contributed by atoms with Crippen molar-refractivity contribution in [1.82, 2.24) is 0 Å².